The third-order valence-electron chi connectivity index (χ3n) is 4.80. The van der Waals surface area contributed by atoms with Crippen molar-refractivity contribution in [2.24, 2.45) is 11.7 Å². The number of nitrogens with one attached hydrogen (secondary N) is 1. The maximum absolute atomic E-state index is 12.5. The topological polar surface area (TPSA) is 67.6 Å². The Morgan fingerprint density at radius 1 is 1.29 bits per heavy atom. The molecule has 3 unspecified atom stereocenters. The van der Waals surface area contributed by atoms with E-state index in [0.29, 0.717) is 18.8 Å². The van der Waals surface area contributed by atoms with E-state index >= 15 is 0 Å². The number of carbonyl (C=O) groups is 1. The molecule has 3 atom stereocenters. The van der Waals surface area contributed by atoms with Crippen LogP contribution < -0.4 is 20.7 Å². The summed E-state index contributed by atoms with van der Waals surface area (Å²) in [4.78, 5) is 14.3. The quantitative estimate of drug-likeness (QED) is 0.862. The lowest BCUT2D eigenvalue weighted by molar-refractivity contribution is -0.125. The maximum Gasteiger partial charge on any atom is 0.387 e. The molecule has 1 aromatic rings. The molecule has 0 radical (unpaired) electrons. The number of nitrogens with two attached hydrogens (primary N) is 1. The van der Waals surface area contributed by atoms with Gasteiger partial charge in [0.1, 0.15) is 5.75 Å². The summed E-state index contributed by atoms with van der Waals surface area (Å²) in [7, 11) is 0. The van der Waals surface area contributed by atoms with Crippen LogP contribution in [0, 0.1) is 5.92 Å². The average Bonchev–Trinajstić information content (AvgIpc) is 3.16. The van der Waals surface area contributed by atoms with Gasteiger partial charge >= 0.3 is 6.61 Å². The standard InChI is InChI=1S/C17H23F2N3O2/c18-17(19)24-15-4-2-1-3-14(15)22-8-7-13(10-22)21-16(23)11-5-6-12(20)9-11/h1-4,11-13,17H,5-10,20H2,(H,21,23). The molecule has 1 heterocycles. The van der Waals surface area contributed by atoms with Crippen LogP contribution in [0.15, 0.2) is 24.3 Å². The molecule has 24 heavy (non-hydrogen) atoms. The van der Waals surface area contributed by atoms with Crippen LogP contribution >= 0.6 is 0 Å². The molecule has 3 rings (SSSR count). The summed E-state index contributed by atoms with van der Waals surface area (Å²) in [6.45, 7) is -1.57. The summed E-state index contributed by atoms with van der Waals surface area (Å²) >= 11 is 0. The Kier molecular flexibility index (Phi) is 5.18. The van der Waals surface area contributed by atoms with Crippen LogP contribution in [0.5, 0.6) is 5.75 Å². The second kappa shape index (κ2) is 7.34. The first-order chi connectivity index (χ1) is 11.5. The highest BCUT2D eigenvalue weighted by Crippen LogP contribution is 2.32. The van der Waals surface area contributed by atoms with Crippen molar-refractivity contribution >= 4 is 11.6 Å². The van der Waals surface area contributed by atoms with E-state index in [-0.39, 0.29) is 29.7 Å². The van der Waals surface area contributed by atoms with Gasteiger partial charge in [0.15, 0.2) is 0 Å². The molecule has 2 aliphatic rings. The van der Waals surface area contributed by atoms with E-state index in [0.717, 1.165) is 25.7 Å². The fourth-order valence-corrected chi connectivity index (χ4v) is 3.58. The molecular weight excluding hydrogens is 316 g/mol. The summed E-state index contributed by atoms with van der Waals surface area (Å²) in [5.74, 6) is 0.233. The van der Waals surface area contributed by atoms with Crippen LogP contribution in [0.2, 0.25) is 0 Å². The molecule has 132 valence electrons. The fourth-order valence-electron chi connectivity index (χ4n) is 3.58. The molecule has 0 spiro atoms. The summed E-state index contributed by atoms with van der Waals surface area (Å²) in [6, 6.07) is 6.90. The zero-order valence-corrected chi connectivity index (χ0v) is 13.5. The Morgan fingerprint density at radius 2 is 2.08 bits per heavy atom. The van der Waals surface area contributed by atoms with Crippen LogP contribution in [-0.4, -0.2) is 37.7 Å². The van der Waals surface area contributed by atoms with E-state index in [9.17, 15) is 13.6 Å². The third-order valence-corrected chi connectivity index (χ3v) is 4.80. The summed E-state index contributed by atoms with van der Waals surface area (Å²) in [5, 5.41) is 3.08. The Labute approximate surface area is 140 Å². The molecule has 0 bridgehead atoms. The van der Waals surface area contributed by atoms with Crippen molar-refractivity contribution in [1.82, 2.24) is 5.32 Å². The van der Waals surface area contributed by atoms with Gasteiger partial charge in [-0.1, -0.05) is 12.1 Å². The van der Waals surface area contributed by atoms with Gasteiger partial charge in [-0.15, -0.1) is 0 Å². The lowest BCUT2D eigenvalue weighted by Crippen LogP contribution is -2.40. The van der Waals surface area contributed by atoms with Gasteiger partial charge in [-0.2, -0.15) is 8.78 Å². The number of anilines is 1. The minimum atomic E-state index is -2.85. The van der Waals surface area contributed by atoms with Gasteiger partial charge in [-0.25, -0.2) is 0 Å². The average molecular weight is 339 g/mol. The molecule has 1 saturated carbocycles. The predicted octanol–water partition coefficient (Wildman–Crippen LogP) is 2.11. The molecule has 0 aromatic heterocycles. The van der Waals surface area contributed by atoms with Gasteiger partial charge in [0.25, 0.3) is 0 Å². The van der Waals surface area contributed by atoms with Gasteiger partial charge in [0, 0.05) is 31.1 Å². The van der Waals surface area contributed by atoms with E-state index in [2.05, 4.69) is 10.1 Å². The van der Waals surface area contributed by atoms with Gasteiger partial charge < -0.3 is 20.7 Å². The van der Waals surface area contributed by atoms with Gasteiger partial charge in [-0.3, -0.25) is 4.79 Å². The molecule has 7 heteroatoms. The second-order valence-electron chi connectivity index (χ2n) is 6.56. The van der Waals surface area contributed by atoms with Crippen molar-refractivity contribution in [2.45, 2.75) is 44.4 Å². The smallest absolute Gasteiger partial charge is 0.387 e. The Bertz CT molecular complexity index is 585. The van der Waals surface area contributed by atoms with Crippen molar-refractivity contribution in [3.05, 3.63) is 24.3 Å². The number of hydrogen-bond donors (Lipinski definition) is 2. The Hall–Kier alpha value is -1.89. The lowest BCUT2D eigenvalue weighted by atomic mass is 10.1. The van der Waals surface area contributed by atoms with E-state index in [1.54, 1.807) is 18.2 Å². The maximum atomic E-state index is 12.5. The molecule has 1 aliphatic carbocycles. The normalized spacial score (nSPS) is 26.8. The molecular formula is C17H23F2N3O2. The summed E-state index contributed by atoms with van der Waals surface area (Å²) < 4.78 is 29.7. The van der Waals surface area contributed by atoms with E-state index in [1.807, 2.05) is 4.90 Å². The minimum absolute atomic E-state index is 0.00324. The molecule has 1 aromatic carbocycles. The van der Waals surface area contributed by atoms with Gasteiger partial charge in [0.2, 0.25) is 5.91 Å². The van der Waals surface area contributed by atoms with E-state index in [4.69, 9.17) is 5.73 Å². The number of benzene rings is 1. The zero-order chi connectivity index (χ0) is 17.1. The Morgan fingerprint density at radius 3 is 2.79 bits per heavy atom. The van der Waals surface area contributed by atoms with Crippen molar-refractivity contribution < 1.29 is 18.3 Å². The number of rotatable bonds is 5. The number of nitrogens with zero attached hydrogens (tertiary/aromatic N) is 1. The fraction of sp³-hybridized carbons (Fsp3) is 0.588. The molecule has 1 aliphatic heterocycles. The predicted molar refractivity (Wildman–Crippen MR) is 87.2 cm³/mol. The van der Waals surface area contributed by atoms with Gasteiger partial charge in [-0.05, 0) is 37.8 Å². The summed E-state index contributed by atoms with van der Waals surface area (Å²) in [5.41, 5.74) is 6.50. The second-order valence-corrected chi connectivity index (χ2v) is 6.56. The first-order valence-electron chi connectivity index (χ1n) is 8.37. The van der Waals surface area contributed by atoms with Crippen molar-refractivity contribution in [3.63, 3.8) is 0 Å². The number of alkyl halides is 2. The number of hydrogen-bond acceptors (Lipinski definition) is 4. The Balaban J connectivity index is 1.58. The third kappa shape index (κ3) is 3.95. The van der Waals surface area contributed by atoms with Gasteiger partial charge in [0.05, 0.1) is 5.69 Å². The van der Waals surface area contributed by atoms with Crippen LogP contribution in [0.3, 0.4) is 0 Å². The number of amides is 1. The van der Waals surface area contributed by atoms with E-state index in [1.165, 1.54) is 6.07 Å². The molecule has 5 nitrogen and oxygen atoms in total. The van der Waals surface area contributed by atoms with E-state index < -0.39 is 6.61 Å². The van der Waals surface area contributed by atoms with Crippen LogP contribution in [0.4, 0.5) is 14.5 Å². The summed E-state index contributed by atoms with van der Waals surface area (Å²) in [6.07, 6.45) is 3.27. The highest BCUT2D eigenvalue weighted by molar-refractivity contribution is 5.79. The highest BCUT2D eigenvalue weighted by Gasteiger charge is 2.31. The van der Waals surface area contributed by atoms with Crippen LogP contribution in [0.25, 0.3) is 0 Å². The molecule has 3 N–H and O–H groups in total. The number of carbonyl (C=O) groups excluding carboxylic acids is 1. The molecule has 1 amide bonds. The van der Waals surface area contributed by atoms with Crippen molar-refractivity contribution in [3.8, 4) is 5.75 Å². The molecule has 1 saturated heterocycles. The van der Waals surface area contributed by atoms with Crippen LogP contribution in [-0.2, 0) is 4.79 Å². The van der Waals surface area contributed by atoms with Crippen molar-refractivity contribution in [1.29, 1.82) is 0 Å². The SMILES string of the molecule is NC1CCC(C(=O)NC2CCN(c3ccccc3OC(F)F)C2)C1. The first kappa shape index (κ1) is 17.0. The van der Waals surface area contributed by atoms with Crippen molar-refractivity contribution in [2.75, 3.05) is 18.0 Å². The minimum Gasteiger partial charge on any atom is -0.433 e. The molecule has 2 fully saturated rings. The number of para-hydroxylation sites is 2. The number of ether oxygens (including phenoxy) is 1. The van der Waals surface area contributed by atoms with Crippen LogP contribution in [0.1, 0.15) is 25.7 Å². The zero-order valence-electron chi connectivity index (χ0n) is 13.5. The lowest BCUT2D eigenvalue weighted by Gasteiger charge is -2.22. The largest absolute Gasteiger partial charge is 0.433 e. The monoisotopic (exact) mass is 339 g/mol. The number of halogens is 2. The first-order valence-corrected chi connectivity index (χ1v) is 8.37. The highest BCUT2D eigenvalue weighted by atomic mass is 19.3.